The Morgan fingerprint density at radius 2 is 1.93 bits per heavy atom. The van der Waals surface area contributed by atoms with E-state index in [0.29, 0.717) is 25.1 Å². The minimum atomic E-state index is -0.848. The lowest BCUT2D eigenvalue weighted by molar-refractivity contribution is -0.143. The van der Waals surface area contributed by atoms with Gasteiger partial charge in [0.2, 0.25) is 0 Å². The van der Waals surface area contributed by atoms with Gasteiger partial charge in [0.15, 0.2) is 0 Å². The van der Waals surface area contributed by atoms with Crippen LogP contribution in [-0.4, -0.2) is 42.2 Å². The van der Waals surface area contributed by atoms with Crippen LogP contribution in [0, 0.1) is 11.8 Å². The number of carbonyl (C=O) groups is 2. The molecule has 2 amide bonds. The summed E-state index contributed by atoms with van der Waals surface area (Å²) in [5.74, 6) is -0.442. The normalized spacial score (nSPS) is 19.1. The Bertz CT molecular complexity index is 838. The number of carbonyl (C=O) groups excluding carboxylic acids is 1. The number of nitrogens with zero attached hydrogens (tertiary/aromatic N) is 1. The van der Waals surface area contributed by atoms with Crippen LogP contribution in [0.5, 0.6) is 5.75 Å². The van der Waals surface area contributed by atoms with E-state index in [1.54, 1.807) is 18.1 Å². The quantitative estimate of drug-likeness (QED) is 0.823. The fourth-order valence-corrected chi connectivity index (χ4v) is 3.71. The van der Waals surface area contributed by atoms with Gasteiger partial charge in [-0.1, -0.05) is 37.3 Å². The zero-order chi connectivity index (χ0) is 20.1. The molecule has 6 heteroatoms. The van der Waals surface area contributed by atoms with Crippen LogP contribution >= 0.6 is 0 Å². The van der Waals surface area contributed by atoms with Crippen molar-refractivity contribution in [1.82, 2.24) is 4.90 Å². The number of aliphatic carboxylic acids is 1. The Hall–Kier alpha value is -3.02. The van der Waals surface area contributed by atoms with Gasteiger partial charge >= 0.3 is 12.0 Å². The number of hydrogen-bond acceptors (Lipinski definition) is 3. The highest BCUT2D eigenvalue weighted by atomic mass is 16.5. The third-order valence-corrected chi connectivity index (χ3v) is 5.07. The van der Waals surface area contributed by atoms with E-state index < -0.39 is 11.9 Å². The molecule has 1 heterocycles. The number of piperidine rings is 1. The minimum absolute atomic E-state index is 0.158. The molecule has 28 heavy (non-hydrogen) atoms. The highest BCUT2D eigenvalue weighted by molar-refractivity contribution is 5.90. The van der Waals surface area contributed by atoms with Crippen molar-refractivity contribution in [2.45, 2.75) is 19.8 Å². The molecule has 0 spiro atoms. The molecule has 2 aromatic carbocycles. The zero-order valence-corrected chi connectivity index (χ0v) is 16.2. The highest BCUT2D eigenvalue weighted by Gasteiger charge is 2.31. The summed E-state index contributed by atoms with van der Waals surface area (Å²) in [5, 5.41) is 12.2. The average Bonchev–Trinajstić information content (AvgIpc) is 2.68. The number of carboxylic acid groups (broad SMARTS) is 1. The molecule has 2 unspecified atom stereocenters. The van der Waals surface area contributed by atoms with Gasteiger partial charge in [0.1, 0.15) is 5.75 Å². The lowest BCUT2D eigenvalue weighted by atomic mass is 9.91. The van der Waals surface area contributed by atoms with Crippen molar-refractivity contribution in [3.8, 4) is 5.75 Å². The van der Waals surface area contributed by atoms with E-state index >= 15 is 0 Å². The molecule has 6 nitrogen and oxygen atoms in total. The topological polar surface area (TPSA) is 78.9 Å². The third-order valence-electron chi connectivity index (χ3n) is 5.07. The van der Waals surface area contributed by atoms with Gasteiger partial charge in [0.05, 0.1) is 13.0 Å². The molecule has 2 aromatic rings. The molecule has 1 aliphatic heterocycles. The summed E-state index contributed by atoms with van der Waals surface area (Å²) < 4.78 is 5.46. The molecular weight excluding hydrogens is 356 g/mol. The van der Waals surface area contributed by atoms with E-state index in [1.165, 1.54) is 0 Å². The first-order valence-corrected chi connectivity index (χ1v) is 9.46. The fraction of sp³-hybridized carbons (Fsp3) is 0.364. The summed E-state index contributed by atoms with van der Waals surface area (Å²) in [6, 6.07) is 15.3. The molecular formula is C22H26N2O4. The molecule has 2 atom stereocenters. The van der Waals surface area contributed by atoms with E-state index in [0.717, 1.165) is 16.9 Å². The van der Waals surface area contributed by atoms with Crippen molar-refractivity contribution < 1.29 is 19.4 Å². The van der Waals surface area contributed by atoms with Crippen LogP contribution in [-0.2, 0) is 11.2 Å². The molecule has 0 bridgehead atoms. The Kier molecular flexibility index (Phi) is 6.19. The number of likely N-dealkylation sites (tertiary alicyclic amines) is 1. The smallest absolute Gasteiger partial charge is 0.321 e. The van der Waals surface area contributed by atoms with Gasteiger partial charge in [0, 0.05) is 30.8 Å². The van der Waals surface area contributed by atoms with Crippen LogP contribution < -0.4 is 10.1 Å². The number of hydrogen-bond donors (Lipinski definition) is 2. The second kappa shape index (κ2) is 8.78. The number of rotatable bonds is 5. The van der Waals surface area contributed by atoms with E-state index in [-0.39, 0.29) is 18.5 Å². The summed E-state index contributed by atoms with van der Waals surface area (Å²) in [6.45, 7) is 2.77. The van der Waals surface area contributed by atoms with Crippen molar-refractivity contribution in [2.75, 3.05) is 25.5 Å². The Morgan fingerprint density at radius 1 is 1.18 bits per heavy atom. The molecule has 1 aliphatic rings. The number of nitrogens with one attached hydrogen (secondary N) is 1. The van der Waals surface area contributed by atoms with Crippen LogP contribution in [0.15, 0.2) is 48.5 Å². The van der Waals surface area contributed by atoms with Gasteiger partial charge in [-0.2, -0.15) is 0 Å². The summed E-state index contributed by atoms with van der Waals surface area (Å²) >= 11 is 0. The lowest BCUT2D eigenvalue weighted by Crippen LogP contribution is -2.47. The van der Waals surface area contributed by atoms with Crippen molar-refractivity contribution in [3.63, 3.8) is 0 Å². The molecule has 1 fully saturated rings. The van der Waals surface area contributed by atoms with Crippen molar-refractivity contribution in [2.24, 2.45) is 11.8 Å². The summed E-state index contributed by atoms with van der Waals surface area (Å²) in [6.07, 6.45) is 1.29. The summed E-state index contributed by atoms with van der Waals surface area (Å²) in [4.78, 5) is 25.6. The van der Waals surface area contributed by atoms with E-state index in [4.69, 9.17) is 4.74 Å². The minimum Gasteiger partial charge on any atom is -0.496 e. The standard InChI is InChI=1S/C22H26N2O4/c1-15-10-18(21(25)26)14-24(13-15)22(27)23-19-8-9-20(28-2)17(12-19)11-16-6-4-3-5-7-16/h3-9,12,15,18H,10-11,13-14H2,1-2H3,(H,23,27)(H,25,26). The van der Waals surface area contributed by atoms with Gasteiger partial charge < -0.3 is 20.1 Å². The number of carboxylic acids is 1. The predicted octanol–water partition coefficient (Wildman–Crippen LogP) is 3.86. The van der Waals surface area contributed by atoms with Gasteiger partial charge in [-0.25, -0.2) is 4.79 Å². The molecule has 1 saturated heterocycles. The molecule has 3 rings (SSSR count). The second-order valence-corrected chi connectivity index (χ2v) is 7.40. The number of anilines is 1. The average molecular weight is 382 g/mol. The predicted molar refractivity (Wildman–Crippen MR) is 108 cm³/mol. The number of methoxy groups -OCH3 is 1. The first-order chi connectivity index (χ1) is 13.5. The molecule has 0 aliphatic carbocycles. The second-order valence-electron chi connectivity index (χ2n) is 7.40. The van der Waals surface area contributed by atoms with Crippen LogP contribution in [0.3, 0.4) is 0 Å². The van der Waals surface area contributed by atoms with Crippen LogP contribution in [0.4, 0.5) is 10.5 Å². The lowest BCUT2D eigenvalue weighted by Gasteiger charge is -2.34. The maximum absolute atomic E-state index is 12.7. The van der Waals surface area contributed by atoms with Crippen molar-refractivity contribution in [1.29, 1.82) is 0 Å². The molecule has 2 N–H and O–H groups in total. The SMILES string of the molecule is COc1ccc(NC(=O)N2CC(C)CC(C(=O)O)C2)cc1Cc1ccccc1. The van der Waals surface area contributed by atoms with Gasteiger partial charge in [-0.05, 0) is 36.1 Å². The Morgan fingerprint density at radius 3 is 2.61 bits per heavy atom. The maximum atomic E-state index is 12.7. The summed E-state index contributed by atoms with van der Waals surface area (Å²) in [7, 11) is 1.63. The molecule has 0 radical (unpaired) electrons. The van der Waals surface area contributed by atoms with E-state index in [1.807, 2.05) is 49.4 Å². The molecule has 148 valence electrons. The number of amides is 2. The van der Waals surface area contributed by atoms with Crippen LogP contribution in [0.1, 0.15) is 24.5 Å². The number of ether oxygens (including phenoxy) is 1. The van der Waals surface area contributed by atoms with Crippen molar-refractivity contribution >= 4 is 17.7 Å². The van der Waals surface area contributed by atoms with Gasteiger partial charge in [0.25, 0.3) is 0 Å². The summed E-state index contributed by atoms with van der Waals surface area (Å²) in [5.41, 5.74) is 2.79. The van der Waals surface area contributed by atoms with Crippen LogP contribution in [0.25, 0.3) is 0 Å². The Labute approximate surface area is 165 Å². The highest BCUT2D eigenvalue weighted by Crippen LogP contribution is 2.27. The fourth-order valence-electron chi connectivity index (χ4n) is 3.71. The van der Waals surface area contributed by atoms with Gasteiger partial charge in [-0.3, -0.25) is 4.79 Å². The molecule has 0 saturated carbocycles. The molecule has 0 aromatic heterocycles. The monoisotopic (exact) mass is 382 g/mol. The van der Waals surface area contributed by atoms with Gasteiger partial charge in [-0.15, -0.1) is 0 Å². The first kappa shape index (κ1) is 19.7. The van der Waals surface area contributed by atoms with E-state index in [2.05, 4.69) is 5.32 Å². The van der Waals surface area contributed by atoms with Crippen LogP contribution in [0.2, 0.25) is 0 Å². The third kappa shape index (κ3) is 4.82. The van der Waals surface area contributed by atoms with E-state index in [9.17, 15) is 14.7 Å². The number of benzene rings is 2. The largest absolute Gasteiger partial charge is 0.496 e. The van der Waals surface area contributed by atoms with Crippen molar-refractivity contribution in [3.05, 3.63) is 59.7 Å². The Balaban J connectivity index is 1.73. The zero-order valence-electron chi connectivity index (χ0n) is 16.2. The maximum Gasteiger partial charge on any atom is 0.321 e. The number of urea groups is 1. The first-order valence-electron chi connectivity index (χ1n) is 9.46.